The van der Waals surface area contributed by atoms with Crippen LogP contribution in [0.3, 0.4) is 0 Å². The maximum absolute atomic E-state index is 15.0. The molecule has 0 radical (unpaired) electrons. The Balaban J connectivity index is 1.13. The summed E-state index contributed by atoms with van der Waals surface area (Å²) in [5.41, 5.74) is 3.49. The molecule has 12 heteroatoms. The lowest BCUT2D eigenvalue weighted by molar-refractivity contribution is -0.256. The van der Waals surface area contributed by atoms with Gasteiger partial charge in [-0.1, -0.05) is 12.5 Å². The molecule has 1 saturated carbocycles. The molecule has 8 nitrogen and oxygen atoms in total. The van der Waals surface area contributed by atoms with Gasteiger partial charge in [0.1, 0.15) is 11.4 Å². The largest absolute Gasteiger partial charge is 0.476 e. The third-order valence-corrected chi connectivity index (χ3v) is 9.15. The van der Waals surface area contributed by atoms with Gasteiger partial charge in [0.15, 0.2) is 0 Å². The minimum absolute atomic E-state index is 0.0811. The van der Waals surface area contributed by atoms with E-state index in [0.717, 1.165) is 12.8 Å². The van der Waals surface area contributed by atoms with Crippen molar-refractivity contribution in [3.05, 3.63) is 42.0 Å². The third kappa shape index (κ3) is 5.75. The summed E-state index contributed by atoms with van der Waals surface area (Å²) >= 11 is 0. The first-order chi connectivity index (χ1) is 19.4. The first-order valence-electron chi connectivity index (χ1n) is 14.1. The molecule has 222 valence electrons. The van der Waals surface area contributed by atoms with Gasteiger partial charge in [0.2, 0.25) is 11.8 Å². The van der Waals surface area contributed by atoms with Crippen LogP contribution in [0.5, 0.6) is 5.88 Å². The van der Waals surface area contributed by atoms with Gasteiger partial charge >= 0.3 is 6.18 Å². The standard InChI is InChI=1S/C29H35F4N5O3/c1-27(26(34)40)8-3-11-38(27)25(39)21-5-4-20(14-22(21)30)23-15-36-24(16-35-23)41-17-19-6-12-37(13-7-19)18-28(9-2-10-28)29(31,32)33/h4-5,14-16,19H,2-3,6-13,17-18H2,1H3,(H2,34,40)/t27-/m0/s1. The number of ether oxygens (including phenoxy) is 1. The zero-order valence-electron chi connectivity index (χ0n) is 23.1. The topological polar surface area (TPSA) is 102 Å². The number of aromatic nitrogens is 2. The first kappa shape index (κ1) is 29.2. The number of benzene rings is 1. The van der Waals surface area contributed by atoms with Crippen LogP contribution in [0.2, 0.25) is 0 Å². The molecule has 41 heavy (non-hydrogen) atoms. The Morgan fingerprint density at radius 1 is 1.07 bits per heavy atom. The summed E-state index contributed by atoms with van der Waals surface area (Å²) in [7, 11) is 0. The monoisotopic (exact) mass is 577 g/mol. The molecule has 3 heterocycles. The molecular weight excluding hydrogens is 542 g/mol. The van der Waals surface area contributed by atoms with Crippen molar-refractivity contribution < 1.29 is 31.9 Å². The molecule has 2 aliphatic heterocycles. The lowest BCUT2D eigenvalue weighted by atomic mass is 9.67. The number of likely N-dealkylation sites (tertiary alicyclic amines) is 2. The van der Waals surface area contributed by atoms with E-state index < -0.39 is 34.8 Å². The quantitative estimate of drug-likeness (QED) is 0.461. The molecule has 1 aromatic heterocycles. The molecule has 3 fully saturated rings. The minimum atomic E-state index is -4.15. The van der Waals surface area contributed by atoms with Crippen LogP contribution >= 0.6 is 0 Å². The Morgan fingerprint density at radius 3 is 2.37 bits per heavy atom. The van der Waals surface area contributed by atoms with Crippen molar-refractivity contribution in [2.75, 3.05) is 32.8 Å². The number of hydrogen-bond acceptors (Lipinski definition) is 6. The van der Waals surface area contributed by atoms with Crippen molar-refractivity contribution >= 4 is 11.8 Å². The second-order valence-corrected chi connectivity index (χ2v) is 11.8. The van der Waals surface area contributed by atoms with Crippen LogP contribution < -0.4 is 10.5 Å². The molecule has 2 N–H and O–H groups in total. The second-order valence-electron chi connectivity index (χ2n) is 11.8. The van der Waals surface area contributed by atoms with Gasteiger partial charge in [-0.15, -0.1) is 0 Å². The lowest BCUT2D eigenvalue weighted by Crippen LogP contribution is -2.54. The molecule has 0 spiro atoms. The van der Waals surface area contributed by atoms with E-state index in [2.05, 4.69) is 9.97 Å². The number of rotatable bonds is 8. The SMILES string of the molecule is C[C@@]1(C(N)=O)CCCN1C(=O)c1ccc(-c2cnc(OCC3CCN(CC4(C(F)(F)F)CCC4)CC3)cn2)cc1F. The summed E-state index contributed by atoms with van der Waals surface area (Å²) in [6.07, 6.45) is 2.36. The van der Waals surface area contributed by atoms with Crippen LogP contribution in [0, 0.1) is 17.2 Å². The van der Waals surface area contributed by atoms with E-state index in [1.165, 1.54) is 29.4 Å². The Labute approximate surface area is 236 Å². The van der Waals surface area contributed by atoms with Gasteiger partial charge in [-0.05, 0) is 76.6 Å². The molecule has 1 aromatic carbocycles. The summed E-state index contributed by atoms with van der Waals surface area (Å²) in [5, 5.41) is 0. The number of carbonyl (C=O) groups is 2. The van der Waals surface area contributed by atoms with Gasteiger partial charge in [-0.2, -0.15) is 13.2 Å². The summed E-state index contributed by atoms with van der Waals surface area (Å²) in [5.74, 6) is -1.43. The molecule has 0 unspecified atom stereocenters. The Bertz CT molecular complexity index is 1280. The molecule has 2 saturated heterocycles. The number of hydrogen-bond donors (Lipinski definition) is 1. The maximum atomic E-state index is 15.0. The number of halogens is 4. The molecule has 0 bridgehead atoms. The molecule has 5 rings (SSSR count). The van der Waals surface area contributed by atoms with E-state index in [4.69, 9.17) is 10.5 Å². The van der Waals surface area contributed by atoms with E-state index in [1.54, 1.807) is 13.0 Å². The van der Waals surface area contributed by atoms with Crippen molar-refractivity contribution in [2.45, 2.75) is 63.6 Å². The average molecular weight is 578 g/mol. The van der Waals surface area contributed by atoms with Gasteiger partial charge in [0.25, 0.3) is 5.91 Å². The Hall–Kier alpha value is -3.28. The van der Waals surface area contributed by atoms with Gasteiger partial charge in [0, 0.05) is 18.7 Å². The van der Waals surface area contributed by atoms with Crippen molar-refractivity contribution in [1.82, 2.24) is 19.8 Å². The molecule has 3 aliphatic rings. The van der Waals surface area contributed by atoms with E-state index in [0.29, 0.717) is 62.6 Å². The van der Waals surface area contributed by atoms with Crippen LogP contribution in [-0.4, -0.2) is 76.1 Å². The fraction of sp³-hybridized carbons (Fsp3) is 0.586. The van der Waals surface area contributed by atoms with Crippen LogP contribution in [0.1, 0.15) is 62.2 Å². The number of nitrogens with two attached hydrogens (primary N) is 1. The highest BCUT2D eigenvalue weighted by Gasteiger charge is 2.58. The molecule has 1 atom stereocenters. The molecule has 2 aromatic rings. The minimum Gasteiger partial charge on any atom is -0.476 e. The van der Waals surface area contributed by atoms with E-state index >= 15 is 4.39 Å². The second kappa shape index (κ2) is 11.2. The molecular formula is C29H35F4N5O3. The summed E-state index contributed by atoms with van der Waals surface area (Å²) in [6, 6.07) is 4.14. The smallest absolute Gasteiger partial charge is 0.395 e. The van der Waals surface area contributed by atoms with Crippen molar-refractivity contribution in [3.63, 3.8) is 0 Å². The summed E-state index contributed by atoms with van der Waals surface area (Å²) in [6.45, 7) is 3.61. The predicted molar refractivity (Wildman–Crippen MR) is 142 cm³/mol. The number of carbonyl (C=O) groups excluding carboxylic acids is 2. The first-order valence-corrected chi connectivity index (χ1v) is 14.1. The fourth-order valence-electron chi connectivity index (χ4n) is 6.16. The van der Waals surface area contributed by atoms with Gasteiger partial charge in [0.05, 0.1) is 35.7 Å². The van der Waals surface area contributed by atoms with Gasteiger partial charge < -0.3 is 20.3 Å². The van der Waals surface area contributed by atoms with Crippen molar-refractivity contribution in [2.24, 2.45) is 17.1 Å². The average Bonchev–Trinajstić information content (AvgIpc) is 3.32. The normalized spacial score (nSPS) is 23.3. The summed E-state index contributed by atoms with van der Waals surface area (Å²) < 4.78 is 61.3. The highest BCUT2D eigenvalue weighted by Crippen LogP contribution is 2.53. The molecule has 2 amide bonds. The Kier molecular flexibility index (Phi) is 7.97. The predicted octanol–water partition coefficient (Wildman–Crippen LogP) is 4.59. The van der Waals surface area contributed by atoms with E-state index in [-0.39, 0.29) is 30.9 Å². The van der Waals surface area contributed by atoms with Crippen LogP contribution in [-0.2, 0) is 4.79 Å². The van der Waals surface area contributed by atoms with Crippen LogP contribution in [0.4, 0.5) is 17.6 Å². The highest BCUT2D eigenvalue weighted by molar-refractivity contribution is 5.99. The van der Waals surface area contributed by atoms with E-state index in [1.807, 2.05) is 4.90 Å². The fourth-order valence-corrected chi connectivity index (χ4v) is 6.16. The van der Waals surface area contributed by atoms with Crippen LogP contribution in [0.15, 0.2) is 30.6 Å². The number of primary amides is 1. The van der Waals surface area contributed by atoms with Gasteiger partial charge in [-0.25, -0.2) is 14.4 Å². The number of nitrogens with zero attached hydrogens (tertiary/aromatic N) is 4. The highest BCUT2D eigenvalue weighted by atomic mass is 19.4. The third-order valence-electron chi connectivity index (χ3n) is 9.15. The zero-order valence-corrected chi connectivity index (χ0v) is 23.1. The lowest BCUT2D eigenvalue weighted by Gasteiger charge is -2.47. The number of piperidine rings is 1. The summed E-state index contributed by atoms with van der Waals surface area (Å²) in [4.78, 5) is 36.8. The zero-order chi connectivity index (χ0) is 29.4. The molecule has 1 aliphatic carbocycles. The van der Waals surface area contributed by atoms with Crippen molar-refractivity contribution in [1.29, 1.82) is 0 Å². The van der Waals surface area contributed by atoms with Crippen molar-refractivity contribution in [3.8, 4) is 17.1 Å². The van der Waals surface area contributed by atoms with E-state index in [9.17, 15) is 22.8 Å². The maximum Gasteiger partial charge on any atom is 0.395 e. The Morgan fingerprint density at radius 2 is 1.80 bits per heavy atom. The number of alkyl halides is 3. The van der Waals surface area contributed by atoms with Crippen LogP contribution in [0.25, 0.3) is 11.3 Å². The number of amides is 2. The van der Waals surface area contributed by atoms with Gasteiger partial charge in [-0.3, -0.25) is 9.59 Å².